The summed E-state index contributed by atoms with van der Waals surface area (Å²) in [5, 5.41) is 0. The van der Waals surface area contributed by atoms with Crippen LogP contribution in [0.1, 0.15) is 0 Å². The molecule has 0 aromatic rings. The molecule has 0 N–H and O–H groups in total. The molecule has 4 nitrogen and oxygen atoms in total. The molecule has 1 aliphatic heterocycles. The summed E-state index contributed by atoms with van der Waals surface area (Å²) in [5.74, 6) is 3.26. The van der Waals surface area contributed by atoms with E-state index in [0.717, 1.165) is 19.5 Å². The van der Waals surface area contributed by atoms with E-state index >= 15 is 0 Å². The minimum atomic E-state index is 0.345. The van der Waals surface area contributed by atoms with E-state index in [9.17, 15) is 0 Å². The Balaban J connectivity index is 2.68. The Morgan fingerprint density at radius 2 is 1.81 bits per heavy atom. The van der Waals surface area contributed by atoms with Gasteiger partial charge in [0.05, 0.1) is 0 Å². The van der Waals surface area contributed by atoms with Crippen molar-refractivity contribution in [3.8, 4) is 5.97 Å². The highest BCUT2D eigenvalue weighted by Crippen LogP contribution is 2.16. The van der Waals surface area contributed by atoms with E-state index in [1.807, 2.05) is 7.55 Å². The molecule has 7 heteroatoms. The molecule has 87 valence electrons. The maximum absolute atomic E-state index is 4.34. The molecule has 0 saturated carbocycles. The molecule has 0 amide bonds. The van der Waals surface area contributed by atoms with E-state index in [-0.39, 0.29) is 0 Å². The molecule has 0 aromatic heterocycles. The molecule has 1 saturated heterocycles. The lowest BCUT2D eigenvalue weighted by Gasteiger charge is -2.48. The van der Waals surface area contributed by atoms with Gasteiger partial charge in [0.2, 0.25) is 0 Å². The van der Waals surface area contributed by atoms with Gasteiger partial charge in [-0.2, -0.15) is 0 Å². The van der Waals surface area contributed by atoms with Gasteiger partial charge in [-0.05, 0) is 20.5 Å². The van der Waals surface area contributed by atoms with Gasteiger partial charge in [0, 0.05) is 41.2 Å². The van der Waals surface area contributed by atoms with Crippen molar-refractivity contribution in [2.45, 2.75) is 0 Å². The van der Waals surface area contributed by atoms with Crippen molar-refractivity contribution < 1.29 is 13.1 Å². The molecule has 0 aromatic carbocycles. The van der Waals surface area contributed by atoms with E-state index in [1.165, 1.54) is 0 Å². The van der Waals surface area contributed by atoms with Crippen LogP contribution in [-0.4, -0.2) is 90.8 Å². The van der Waals surface area contributed by atoms with Crippen molar-refractivity contribution >= 4 is 21.9 Å². The third-order valence-electron chi connectivity index (χ3n) is 2.68. The largest absolute Gasteiger partial charge is 0.717 e. The fourth-order valence-corrected chi connectivity index (χ4v) is 2.07. The number of hydrogen-bond acceptors (Lipinski definition) is 0. The van der Waals surface area contributed by atoms with Crippen LogP contribution in [0.2, 0.25) is 0 Å². The average Bonchev–Trinajstić information content (AvgIpc) is 2.16. The molecule has 0 atom stereocenters. The van der Waals surface area contributed by atoms with Crippen molar-refractivity contribution in [3.63, 3.8) is 0 Å². The Kier molecular flexibility index (Phi) is 3.49. The first kappa shape index (κ1) is 13.6. The Labute approximate surface area is 102 Å². The first-order valence-corrected chi connectivity index (χ1v) is 5.66. The minimum absolute atomic E-state index is 0.345. The summed E-state index contributed by atoms with van der Waals surface area (Å²) in [6, 6.07) is 0. The predicted octanol–water partition coefficient (Wildman–Crippen LogP) is -0.670. The topological polar surface area (TPSA) is 4.36 Å². The zero-order valence-electron chi connectivity index (χ0n) is 11.7. The normalized spacial score (nSPS) is 23.9. The van der Waals surface area contributed by atoms with Crippen LogP contribution in [-0.2, 0) is 0 Å². The zero-order valence-corrected chi connectivity index (χ0v) is 11.7. The summed E-state index contributed by atoms with van der Waals surface area (Å²) in [5.41, 5.74) is 0. The maximum Gasteiger partial charge on any atom is 0.577 e. The van der Waals surface area contributed by atoms with Gasteiger partial charge in [-0.3, -0.25) is 0 Å². The van der Waals surface area contributed by atoms with E-state index in [1.54, 1.807) is 0 Å². The summed E-state index contributed by atoms with van der Waals surface area (Å²) < 4.78 is 6.84. The van der Waals surface area contributed by atoms with Gasteiger partial charge < -0.3 is 17.8 Å². The minimum Gasteiger partial charge on any atom is -0.717 e. The molecular formula is C9H23B3N4+. The number of quaternary nitrogens is 3. The number of hydrogen-bond donors (Lipinski definition) is 0. The highest BCUT2D eigenvalue weighted by atomic mass is 15.4. The molecule has 1 aliphatic rings. The molecule has 16 heavy (non-hydrogen) atoms. The average molecular weight is 220 g/mol. The molecule has 5 radical (unpaired) electrons. The van der Waals surface area contributed by atoms with Crippen LogP contribution in [0.4, 0.5) is 0 Å². The van der Waals surface area contributed by atoms with E-state index in [0.29, 0.717) is 6.85 Å². The van der Waals surface area contributed by atoms with Crippen LogP contribution in [0.15, 0.2) is 0 Å². The van der Waals surface area contributed by atoms with E-state index in [4.69, 9.17) is 0 Å². The standard InChI is InChI=1S/C9H23B3N4/c1-14(2,3)10-13-8-12-9-15(4,5)11-16(12,6)7/h9H2,1-7H3/q+1. The maximum atomic E-state index is 4.34. The summed E-state index contributed by atoms with van der Waals surface area (Å²) in [6.07, 6.45) is 1.06. The van der Waals surface area contributed by atoms with Crippen molar-refractivity contribution in [3.05, 3.63) is 4.76 Å². The van der Waals surface area contributed by atoms with Crippen LogP contribution in [0.5, 0.6) is 0 Å². The van der Waals surface area contributed by atoms with Crippen molar-refractivity contribution in [1.29, 1.82) is 0 Å². The molecule has 1 heterocycles. The third kappa shape index (κ3) is 3.86. The molecule has 0 aliphatic carbocycles. The molecule has 1 fully saturated rings. The first-order valence-electron chi connectivity index (χ1n) is 5.66. The van der Waals surface area contributed by atoms with Gasteiger partial charge in [-0.1, -0.05) is 0 Å². The van der Waals surface area contributed by atoms with Crippen LogP contribution >= 0.6 is 0 Å². The van der Waals surface area contributed by atoms with Gasteiger partial charge in [0.25, 0.3) is 7.55 Å². The summed E-state index contributed by atoms with van der Waals surface area (Å²) in [4.78, 5) is 0. The Morgan fingerprint density at radius 3 is 2.19 bits per heavy atom. The lowest BCUT2D eigenvalue weighted by molar-refractivity contribution is -0.807. The lowest BCUT2D eigenvalue weighted by Crippen LogP contribution is -2.52. The Morgan fingerprint density at radius 1 is 1.25 bits per heavy atom. The lowest BCUT2D eigenvalue weighted by atomic mass is 9.60. The SMILES string of the molecule is C[N+](C)(C)[B-][N+]#C[B-]1C[N+](C)(C)[B-][N+]1(C)C. The highest BCUT2D eigenvalue weighted by molar-refractivity contribution is 6.66. The second kappa shape index (κ2) is 4.10. The molecule has 0 bridgehead atoms. The summed E-state index contributed by atoms with van der Waals surface area (Å²) in [6.45, 7) is 0.345. The van der Waals surface area contributed by atoms with Gasteiger partial charge in [-0.25, -0.2) is 0 Å². The Hall–Kier alpha value is -0.435. The second-order valence-electron chi connectivity index (χ2n) is 6.71. The third-order valence-corrected chi connectivity index (χ3v) is 2.68. The van der Waals surface area contributed by atoms with Crippen molar-refractivity contribution in [2.24, 2.45) is 0 Å². The predicted molar refractivity (Wildman–Crippen MR) is 71.6 cm³/mol. The molecule has 0 spiro atoms. The van der Waals surface area contributed by atoms with Crippen LogP contribution in [0.25, 0.3) is 4.76 Å². The summed E-state index contributed by atoms with van der Waals surface area (Å²) >= 11 is 0. The van der Waals surface area contributed by atoms with Gasteiger partial charge >= 0.3 is 14.4 Å². The van der Waals surface area contributed by atoms with Crippen LogP contribution < -0.4 is 0 Å². The van der Waals surface area contributed by atoms with Crippen molar-refractivity contribution in [2.75, 3.05) is 55.8 Å². The van der Waals surface area contributed by atoms with E-state index in [2.05, 4.69) is 67.6 Å². The monoisotopic (exact) mass is 220 g/mol. The van der Waals surface area contributed by atoms with Gasteiger partial charge in [-0.15, -0.1) is 0 Å². The van der Waals surface area contributed by atoms with E-state index < -0.39 is 0 Å². The highest BCUT2D eigenvalue weighted by Gasteiger charge is 2.33. The fraction of sp³-hybridized carbons (Fsp3) is 0.889. The smallest absolute Gasteiger partial charge is 0.577 e. The number of rotatable bonds is 1. The van der Waals surface area contributed by atoms with Crippen LogP contribution in [0.3, 0.4) is 0 Å². The van der Waals surface area contributed by atoms with Crippen molar-refractivity contribution in [1.82, 2.24) is 0 Å². The van der Waals surface area contributed by atoms with Gasteiger partial charge in [0.15, 0.2) is 0 Å². The zero-order chi connectivity index (χ0) is 12.6. The quantitative estimate of drug-likeness (QED) is 0.516. The molecule has 0 unspecified atom stereocenters. The van der Waals surface area contributed by atoms with Crippen LogP contribution in [0, 0.1) is 5.97 Å². The fourth-order valence-electron chi connectivity index (χ4n) is 2.07. The number of nitrogens with zero attached hydrogens (tertiary/aromatic N) is 4. The second-order valence-corrected chi connectivity index (χ2v) is 6.71. The first-order chi connectivity index (χ1) is 7.02. The molecule has 1 rings (SSSR count). The molecular weight excluding hydrogens is 197 g/mol. The van der Waals surface area contributed by atoms with Gasteiger partial charge in [0.1, 0.15) is 0 Å². The Bertz CT molecular complexity index is 324. The summed E-state index contributed by atoms with van der Waals surface area (Å²) in [7, 11) is 19.3.